The van der Waals surface area contributed by atoms with Crippen LogP contribution in [-0.2, 0) is 9.53 Å². The van der Waals surface area contributed by atoms with Gasteiger partial charge in [0.1, 0.15) is 5.60 Å². The highest BCUT2D eigenvalue weighted by molar-refractivity contribution is 5.81. The molecule has 2 aliphatic rings. The first kappa shape index (κ1) is 17.5. The highest BCUT2D eigenvalue weighted by atomic mass is 16.6. The zero-order valence-corrected chi connectivity index (χ0v) is 13.7. The van der Waals surface area contributed by atoms with Gasteiger partial charge in [-0.25, -0.2) is 10.1 Å². The van der Waals surface area contributed by atoms with Gasteiger partial charge in [0.25, 0.3) is 6.17 Å². The quantitative estimate of drug-likeness (QED) is 0.585. The van der Waals surface area contributed by atoms with Crippen LogP contribution in [0.4, 0.5) is 4.79 Å². The van der Waals surface area contributed by atoms with Crippen molar-refractivity contribution in [3.8, 4) is 0 Å². The number of nitrogens with zero attached hydrogens (tertiary/aromatic N) is 2. The molecule has 2 rings (SSSR count). The zero-order valence-electron chi connectivity index (χ0n) is 13.7. The minimum Gasteiger partial charge on any atom is -0.444 e. The van der Waals surface area contributed by atoms with Gasteiger partial charge in [-0.3, -0.25) is 14.9 Å². The number of ether oxygens (including phenoxy) is 1. The number of alkyl carbamates (subject to hydrolysis) is 1. The summed E-state index contributed by atoms with van der Waals surface area (Å²) in [6.07, 6.45) is 0.284. The second-order valence-corrected chi connectivity index (χ2v) is 7.01. The largest absolute Gasteiger partial charge is 0.444 e. The summed E-state index contributed by atoms with van der Waals surface area (Å²) >= 11 is 0. The molecule has 0 aromatic heterocycles. The van der Waals surface area contributed by atoms with E-state index in [0.717, 1.165) is 0 Å². The molecule has 3 atom stereocenters. The Labute approximate surface area is 134 Å². The van der Waals surface area contributed by atoms with E-state index < -0.39 is 17.9 Å². The molecule has 2 aliphatic heterocycles. The number of nitro groups is 1. The van der Waals surface area contributed by atoms with Crippen LogP contribution in [0.2, 0.25) is 0 Å². The fraction of sp³-hybridized carbons (Fsp3) is 0.857. The fourth-order valence-corrected chi connectivity index (χ4v) is 2.91. The number of hydrogen-bond acceptors (Lipinski definition) is 6. The van der Waals surface area contributed by atoms with Crippen LogP contribution < -0.4 is 10.6 Å². The molecule has 0 bridgehead atoms. The Morgan fingerprint density at radius 1 is 1.43 bits per heavy atom. The molecule has 0 aromatic carbocycles. The molecule has 2 fully saturated rings. The molecule has 3 unspecified atom stereocenters. The van der Waals surface area contributed by atoms with E-state index in [2.05, 4.69) is 10.6 Å². The molecule has 2 saturated heterocycles. The van der Waals surface area contributed by atoms with E-state index >= 15 is 0 Å². The molecule has 0 radical (unpaired) electrons. The van der Waals surface area contributed by atoms with Gasteiger partial charge >= 0.3 is 6.09 Å². The Kier molecular flexibility index (Phi) is 5.08. The molecule has 0 aliphatic carbocycles. The predicted octanol–water partition coefficient (Wildman–Crippen LogP) is 0.814. The molecular weight excluding hydrogens is 304 g/mol. The number of carbonyl (C=O) groups excluding carboxylic acids is 2. The van der Waals surface area contributed by atoms with Crippen LogP contribution in [0.1, 0.15) is 46.5 Å². The Morgan fingerprint density at radius 3 is 2.74 bits per heavy atom. The second kappa shape index (κ2) is 6.69. The molecule has 2 heterocycles. The Bertz CT molecular complexity index is 490. The van der Waals surface area contributed by atoms with Gasteiger partial charge in [-0.05, 0) is 33.6 Å². The van der Waals surface area contributed by atoms with Gasteiger partial charge in [-0.15, -0.1) is 0 Å². The zero-order chi connectivity index (χ0) is 17.2. The molecule has 2 amide bonds. The Morgan fingerprint density at radius 2 is 2.13 bits per heavy atom. The van der Waals surface area contributed by atoms with Crippen LogP contribution >= 0.6 is 0 Å². The van der Waals surface area contributed by atoms with Gasteiger partial charge in [-0.2, -0.15) is 0 Å². The lowest BCUT2D eigenvalue weighted by molar-refractivity contribution is -0.534. The lowest BCUT2D eigenvalue weighted by Crippen LogP contribution is -2.55. The van der Waals surface area contributed by atoms with E-state index in [-0.39, 0.29) is 29.5 Å². The third-order valence-electron chi connectivity index (χ3n) is 3.85. The van der Waals surface area contributed by atoms with E-state index in [1.165, 1.54) is 0 Å². The summed E-state index contributed by atoms with van der Waals surface area (Å²) in [5.74, 6) is -0.118. The van der Waals surface area contributed by atoms with Crippen LogP contribution in [-0.4, -0.2) is 52.3 Å². The van der Waals surface area contributed by atoms with Crippen LogP contribution in [0, 0.1) is 10.1 Å². The minimum absolute atomic E-state index is 0.118. The summed E-state index contributed by atoms with van der Waals surface area (Å²) in [5.41, 5.74) is -0.601. The van der Waals surface area contributed by atoms with Crippen molar-refractivity contribution in [2.75, 3.05) is 6.54 Å². The van der Waals surface area contributed by atoms with E-state index in [4.69, 9.17) is 4.74 Å². The molecule has 9 nitrogen and oxygen atoms in total. The number of hydrogen-bond donors (Lipinski definition) is 2. The minimum atomic E-state index is -0.820. The third-order valence-corrected chi connectivity index (χ3v) is 3.85. The highest BCUT2D eigenvalue weighted by Gasteiger charge is 2.39. The predicted molar refractivity (Wildman–Crippen MR) is 81.0 cm³/mol. The first-order chi connectivity index (χ1) is 10.7. The monoisotopic (exact) mass is 328 g/mol. The van der Waals surface area contributed by atoms with Gasteiger partial charge in [0.05, 0.1) is 12.2 Å². The van der Waals surface area contributed by atoms with E-state index in [1.807, 2.05) is 0 Å². The number of rotatable bonds is 3. The van der Waals surface area contributed by atoms with Crippen LogP contribution in [0.15, 0.2) is 0 Å². The summed E-state index contributed by atoms with van der Waals surface area (Å²) in [6.45, 7) is 5.63. The smallest absolute Gasteiger partial charge is 0.407 e. The standard InChI is InChI=1S/C14H24N4O5/c1-14(2,3)23-13(20)15-9-7-12(19)17(8-9)10-5-4-6-11(16-10)18(21)22/h9-11,16H,4-8H2,1-3H3,(H,15,20). The summed E-state index contributed by atoms with van der Waals surface area (Å²) in [6, 6.07) is -0.338. The van der Waals surface area contributed by atoms with Crippen molar-refractivity contribution in [3.63, 3.8) is 0 Å². The van der Waals surface area contributed by atoms with E-state index in [1.54, 1.807) is 25.7 Å². The molecule has 0 aromatic rings. The van der Waals surface area contributed by atoms with Gasteiger partial charge in [0, 0.05) is 24.3 Å². The van der Waals surface area contributed by atoms with Crippen molar-refractivity contribution < 1.29 is 19.2 Å². The normalized spacial score (nSPS) is 28.6. The average molecular weight is 328 g/mol. The van der Waals surface area contributed by atoms with E-state index in [0.29, 0.717) is 25.8 Å². The van der Waals surface area contributed by atoms with Crippen molar-refractivity contribution in [1.29, 1.82) is 0 Å². The topological polar surface area (TPSA) is 114 Å². The molecule has 0 saturated carbocycles. The Hall–Kier alpha value is -1.90. The van der Waals surface area contributed by atoms with Crippen molar-refractivity contribution >= 4 is 12.0 Å². The maximum Gasteiger partial charge on any atom is 0.407 e. The first-order valence-corrected chi connectivity index (χ1v) is 7.84. The van der Waals surface area contributed by atoms with Crippen molar-refractivity contribution in [2.24, 2.45) is 0 Å². The Balaban J connectivity index is 1.89. The number of likely N-dealkylation sites (tertiary alicyclic amines) is 1. The lowest BCUT2D eigenvalue weighted by Gasteiger charge is -2.33. The number of nitrogens with one attached hydrogen (secondary N) is 2. The van der Waals surface area contributed by atoms with Crippen molar-refractivity contribution in [2.45, 2.75) is 70.4 Å². The van der Waals surface area contributed by atoms with Gasteiger partial charge in [0.15, 0.2) is 0 Å². The number of amides is 2. The summed E-state index contributed by atoms with van der Waals surface area (Å²) < 4.78 is 5.18. The average Bonchev–Trinajstić information content (AvgIpc) is 2.77. The molecule has 9 heteroatoms. The molecule has 23 heavy (non-hydrogen) atoms. The first-order valence-electron chi connectivity index (χ1n) is 7.84. The number of carbonyl (C=O) groups is 2. The SMILES string of the molecule is CC(C)(C)OC(=O)NC1CC(=O)N(C2CCCC([N+](=O)[O-])N2)C1. The number of piperidine rings is 1. The maximum absolute atomic E-state index is 12.2. The van der Waals surface area contributed by atoms with Crippen molar-refractivity contribution in [3.05, 3.63) is 10.1 Å². The van der Waals surface area contributed by atoms with Gasteiger partial charge in [-0.1, -0.05) is 0 Å². The molecule has 0 spiro atoms. The summed E-state index contributed by atoms with van der Waals surface area (Å²) in [7, 11) is 0. The molecule has 130 valence electrons. The fourth-order valence-electron chi connectivity index (χ4n) is 2.91. The van der Waals surface area contributed by atoms with Crippen LogP contribution in [0.25, 0.3) is 0 Å². The van der Waals surface area contributed by atoms with Crippen LogP contribution in [0.3, 0.4) is 0 Å². The lowest BCUT2D eigenvalue weighted by atomic mass is 10.1. The van der Waals surface area contributed by atoms with Gasteiger partial charge in [0.2, 0.25) is 5.91 Å². The maximum atomic E-state index is 12.2. The van der Waals surface area contributed by atoms with Gasteiger partial charge < -0.3 is 15.0 Å². The van der Waals surface area contributed by atoms with Crippen molar-refractivity contribution in [1.82, 2.24) is 15.5 Å². The summed E-state index contributed by atoms with van der Waals surface area (Å²) in [5, 5.41) is 16.5. The molecule has 2 N–H and O–H groups in total. The van der Waals surface area contributed by atoms with E-state index in [9.17, 15) is 19.7 Å². The third kappa shape index (κ3) is 4.78. The molecular formula is C14H24N4O5. The summed E-state index contributed by atoms with van der Waals surface area (Å²) in [4.78, 5) is 36.1. The second-order valence-electron chi connectivity index (χ2n) is 7.01. The highest BCUT2D eigenvalue weighted by Crippen LogP contribution is 2.21. The van der Waals surface area contributed by atoms with Crippen LogP contribution in [0.5, 0.6) is 0 Å².